The second kappa shape index (κ2) is 15.2. The highest BCUT2D eigenvalue weighted by molar-refractivity contribution is 7.80. The van der Waals surface area contributed by atoms with Crippen LogP contribution in [-0.2, 0) is 9.63 Å². The Kier molecular flexibility index (Phi) is 16.6. The molecule has 0 aliphatic heterocycles. The van der Waals surface area contributed by atoms with Crippen LogP contribution in [0, 0.1) is 4.91 Å². The molecule has 1 N–H and O–H groups in total. The summed E-state index contributed by atoms with van der Waals surface area (Å²) < 4.78 is 0. The number of nitrogens with zero attached hydrogens (tertiary/aromatic N) is 1. The molecule has 0 saturated carbocycles. The zero-order chi connectivity index (χ0) is 13.5. The smallest absolute Gasteiger partial charge is 0.304 e. The number of carboxylic acid groups (broad SMARTS) is 1. The van der Waals surface area contributed by atoms with E-state index in [2.05, 4.69) is 29.7 Å². The average Bonchev–Trinajstić information content (AvgIpc) is 2.25. The zero-order valence-corrected chi connectivity index (χ0v) is 11.5. The van der Waals surface area contributed by atoms with Crippen molar-refractivity contribution >= 4 is 18.6 Å². The van der Waals surface area contributed by atoms with Gasteiger partial charge in [0, 0.05) is 5.75 Å². The number of hydrogen-bond acceptors (Lipinski definition) is 5. The number of thiol groups is 1. The normalized spacial score (nSPS) is 11.0. The van der Waals surface area contributed by atoms with Crippen LogP contribution in [0.2, 0.25) is 0 Å². The summed E-state index contributed by atoms with van der Waals surface area (Å²) in [5.74, 6) is -0.361. The number of carboxylic acids is 1. The van der Waals surface area contributed by atoms with Gasteiger partial charge in [-0.05, 0) is 19.8 Å². The lowest BCUT2D eigenvalue weighted by Crippen LogP contribution is -2.02. The zero-order valence-electron chi connectivity index (χ0n) is 10.6. The molecule has 1 atom stereocenters. The summed E-state index contributed by atoms with van der Waals surface area (Å²) >= 11 is 3.68. The lowest BCUT2D eigenvalue weighted by Gasteiger charge is -2.05. The first-order valence-corrected chi connectivity index (χ1v) is 6.52. The molecule has 5 nitrogen and oxygen atoms in total. The summed E-state index contributed by atoms with van der Waals surface area (Å²) in [6, 6.07) is 0. The van der Waals surface area contributed by atoms with Crippen molar-refractivity contribution in [1.82, 2.24) is 0 Å². The molecule has 0 saturated heterocycles. The third-order valence-electron chi connectivity index (χ3n) is 2.01. The van der Waals surface area contributed by atoms with Crippen LogP contribution in [0.25, 0.3) is 0 Å². The molecular weight excluding hydrogens is 242 g/mol. The maximum atomic E-state index is 9.63. The summed E-state index contributed by atoms with van der Waals surface area (Å²) in [4.78, 5) is 23.7. The first-order chi connectivity index (χ1) is 8.08. The molecule has 0 spiro atoms. The van der Waals surface area contributed by atoms with Gasteiger partial charge in [-0.25, -0.2) is 0 Å². The number of hydrogen-bond donors (Lipinski definition) is 2. The largest absolute Gasteiger partial charge is 0.481 e. The Morgan fingerprint density at radius 3 is 2.41 bits per heavy atom. The van der Waals surface area contributed by atoms with Crippen molar-refractivity contribution in [2.45, 2.75) is 58.5 Å². The Morgan fingerprint density at radius 2 is 2.06 bits per heavy atom. The van der Waals surface area contributed by atoms with E-state index in [1.807, 2.05) is 6.92 Å². The van der Waals surface area contributed by atoms with Gasteiger partial charge in [0.2, 0.25) is 0 Å². The molecule has 102 valence electrons. The van der Waals surface area contributed by atoms with Crippen LogP contribution in [-0.4, -0.2) is 22.9 Å². The first kappa shape index (κ1) is 18.6. The maximum Gasteiger partial charge on any atom is 0.304 e. The van der Waals surface area contributed by atoms with Crippen molar-refractivity contribution in [3.05, 3.63) is 4.91 Å². The van der Waals surface area contributed by atoms with E-state index in [4.69, 9.17) is 5.11 Å². The molecule has 0 bridgehead atoms. The van der Waals surface area contributed by atoms with Crippen LogP contribution < -0.4 is 0 Å². The van der Waals surface area contributed by atoms with Crippen LogP contribution in [0.5, 0.6) is 0 Å². The third-order valence-corrected chi connectivity index (χ3v) is 2.24. The second-order valence-electron chi connectivity index (χ2n) is 3.71. The quantitative estimate of drug-likeness (QED) is 0.290. The highest BCUT2D eigenvalue weighted by Crippen LogP contribution is 2.07. The number of rotatable bonds is 9. The van der Waals surface area contributed by atoms with Crippen molar-refractivity contribution in [3.8, 4) is 0 Å². The number of unbranched alkanes of at least 4 members (excludes halogenated alkanes) is 3. The van der Waals surface area contributed by atoms with Gasteiger partial charge in [0.25, 0.3) is 0 Å². The lowest BCUT2D eigenvalue weighted by molar-refractivity contribution is -0.136. The maximum absolute atomic E-state index is 9.63. The predicted octanol–water partition coefficient (Wildman–Crippen LogP) is 3.43. The van der Waals surface area contributed by atoms with Gasteiger partial charge in [0.15, 0.2) is 5.34 Å². The molecular formula is C11H23NO4S. The molecule has 0 rings (SSSR count). The Labute approximate surface area is 108 Å². The fourth-order valence-corrected chi connectivity index (χ4v) is 1.27. The second-order valence-corrected chi connectivity index (χ2v) is 4.15. The summed E-state index contributed by atoms with van der Waals surface area (Å²) in [7, 11) is 0. The summed E-state index contributed by atoms with van der Waals surface area (Å²) in [6.07, 6.45) is 5.94. The molecule has 0 aromatic carbocycles. The lowest BCUT2D eigenvalue weighted by atomic mass is 10.1. The Balaban J connectivity index is 0. The van der Waals surface area contributed by atoms with Crippen molar-refractivity contribution in [1.29, 1.82) is 0 Å². The highest BCUT2D eigenvalue weighted by Gasteiger charge is 2.00. The third kappa shape index (κ3) is 21.1. The van der Waals surface area contributed by atoms with Crippen LogP contribution in [0.1, 0.15) is 52.4 Å². The Hall–Kier alpha value is -0.780. The van der Waals surface area contributed by atoms with E-state index in [1.54, 1.807) is 0 Å². The van der Waals surface area contributed by atoms with E-state index in [-0.39, 0.29) is 12.5 Å². The molecule has 0 heterocycles. The van der Waals surface area contributed by atoms with Crippen molar-refractivity contribution in [2.24, 2.45) is 5.34 Å². The van der Waals surface area contributed by atoms with Gasteiger partial charge >= 0.3 is 5.97 Å². The van der Waals surface area contributed by atoms with E-state index in [9.17, 15) is 9.70 Å². The molecule has 6 heteroatoms. The van der Waals surface area contributed by atoms with Gasteiger partial charge in [0.1, 0.15) is 6.10 Å². The molecule has 0 amide bonds. The topological polar surface area (TPSA) is 76.0 Å². The molecule has 0 aliphatic carbocycles. The van der Waals surface area contributed by atoms with E-state index < -0.39 is 5.97 Å². The van der Waals surface area contributed by atoms with Crippen molar-refractivity contribution in [3.63, 3.8) is 0 Å². The van der Waals surface area contributed by atoms with Gasteiger partial charge < -0.3 is 9.94 Å². The van der Waals surface area contributed by atoms with Crippen LogP contribution in [0.3, 0.4) is 0 Å². The fourth-order valence-electron chi connectivity index (χ4n) is 1.08. The Bertz CT molecular complexity index is 190. The number of aliphatic carboxylic acids is 1. The highest BCUT2D eigenvalue weighted by atomic mass is 32.1. The molecule has 0 fully saturated rings. The SMILES string of the molecule is CCCCCCC(C)ON=O.O=C(O)CCS. The Morgan fingerprint density at radius 1 is 1.41 bits per heavy atom. The van der Waals surface area contributed by atoms with Crippen LogP contribution >= 0.6 is 12.6 Å². The standard InChI is InChI=1S/C8H17NO2.C3H6O2S/c1-3-4-5-6-7-8(2)11-9-10;4-3(5)1-2-6/h8H,3-7H2,1-2H3;6H,1-2H2,(H,4,5). The van der Waals surface area contributed by atoms with E-state index in [0.717, 1.165) is 12.8 Å². The molecule has 0 aromatic heterocycles. The monoisotopic (exact) mass is 265 g/mol. The fraction of sp³-hybridized carbons (Fsp3) is 0.909. The minimum atomic E-state index is -0.787. The molecule has 0 aliphatic rings. The molecule has 0 aromatic rings. The van der Waals surface area contributed by atoms with E-state index in [0.29, 0.717) is 5.75 Å². The van der Waals surface area contributed by atoms with Gasteiger partial charge in [-0.2, -0.15) is 12.6 Å². The molecule has 1 unspecified atom stereocenters. The van der Waals surface area contributed by atoms with Gasteiger partial charge in [0.05, 0.1) is 6.42 Å². The van der Waals surface area contributed by atoms with Crippen molar-refractivity contribution < 1.29 is 14.7 Å². The van der Waals surface area contributed by atoms with Crippen LogP contribution in [0.4, 0.5) is 0 Å². The minimum absolute atomic E-state index is 0.00986. The summed E-state index contributed by atoms with van der Waals surface area (Å²) in [6.45, 7) is 4.04. The first-order valence-electron chi connectivity index (χ1n) is 5.89. The number of carbonyl (C=O) groups is 1. The van der Waals surface area contributed by atoms with Crippen molar-refractivity contribution in [2.75, 3.05) is 5.75 Å². The summed E-state index contributed by atoms with van der Waals surface area (Å²) in [5.41, 5.74) is 0. The van der Waals surface area contributed by atoms with Crippen LogP contribution in [0.15, 0.2) is 5.34 Å². The minimum Gasteiger partial charge on any atom is -0.481 e. The van der Waals surface area contributed by atoms with E-state index in [1.165, 1.54) is 19.3 Å². The van der Waals surface area contributed by atoms with E-state index >= 15 is 0 Å². The average molecular weight is 265 g/mol. The van der Waals surface area contributed by atoms with Gasteiger partial charge in [-0.1, -0.05) is 26.2 Å². The van der Waals surface area contributed by atoms with Gasteiger partial charge in [-0.15, -0.1) is 4.91 Å². The summed E-state index contributed by atoms with van der Waals surface area (Å²) in [5, 5.41) is 10.2. The molecule has 0 radical (unpaired) electrons. The van der Waals surface area contributed by atoms with Gasteiger partial charge in [-0.3, -0.25) is 4.79 Å². The molecule has 17 heavy (non-hydrogen) atoms. The predicted molar refractivity (Wildman–Crippen MR) is 71.2 cm³/mol.